The molecule has 2 unspecified atom stereocenters. The number of piperidine rings is 1. The van der Waals surface area contributed by atoms with E-state index in [1.807, 2.05) is 91.1 Å². The molecule has 0 bridgehead atoms. The van der Waals surface area contributed by atoms with E-state index in [2.05, 4.69) is 25.9 Å². The predicted molar refractivity (Wildman–Crippen MR) is 232 cm³/mol. The molecule has 1 aliphatic rings. The van der Waals surface area contributed by atoms with Gasteiger partial charge in [0.05, 0.1) is 17.1 Å². The number of urea groups is 1. The molecule has 2 atom stereocenters. The number of amides is 4. The van der Waals surface area contributed by atoms with Crippen molar-refractivity contribution in [1.29, 1.82) is 0 Å². The number of fused-ring (bicyclic) bond motifs is 1. The molecule has 324 valence electrons. The molecule has 3 heterocycles. The standard InChI is InChI=1S/C47H59N7O7/c1-45(2,3)61-41(55)37(22-14-15-25-48-44(58)60-31-32-16-8-6-9-17-32)51-42(56)46(4,5)39-30-50-40(53-39)38(28-33-29-49-36-21-13-12-20-35(33)36)52-43(57)54-26-23-47(59,24-27-54)34-18-10-7-11-19-34/h6-13,16-21,29-30,37-38,49,59H,14-15,22-28,31H2,1-5H3,(H,48,58)(H,50,53)(H,51,56)(H,52,57). The van der Waals surface area contributed by atoms with Crippen LogP contribution in [0.3, 0.4) is 0 Å². The number of ether oxygens (including phenoxy) is 2. The maximum atomic E-state index is 14.1. The van der Waals surface area contributed by atoms with Crippen LogP contribution in [0.4, 0.5) is 9.59 Å². The first-order valence-corrected chi connectivity index (χ1v) is 21.0. The Labute approximate surface area is 357 Å². The van der Waals surface area contributed by atoms with E-state index in [0.29, 0.717) is 63.3 Å². The lowest BCUT2D eigenvalue weighted by molar-refractivity contribution is -0.159. The summed E-state index contributed by atoms with van der Waals surface area (Å²) in [6.07, 6.45) is 5.51. The summed E-state index contributed by atoms with van der Waals surface area (Å²) < 4.78 is 11.0. The molecule has 14 heteroatoms. The van der Waals surface area contributed by atoms with E-state index < -0.39 is 46.7 Å². The van der Waals surface area contributed by atoms with Gasteiger partial charge in [0.15, 0.2) is 0 Å². The summed E-state index contributed by atoms with van der Waals surface area (Å²) in [5.74, 6) is -0.512. The number of nitrogens with one attached hydrogen (secondary N) is 5. The molecule has 61 heavy (non-hydrogen) atoms. The van der Waals surface area contributed by atoms with Crippen molar-refractivity contribution in [2.24, 2.45) is 0 Å². The van der Waals surface area contributed by atoms with Gasteiger partial charge < -0.3 is 45.4 Å². The van der Waals surface area contributed by atoms with E-state index in [1.54, 1.807) is 45.7 Å². The van der Waals surface area contributed by atoms with Crippen LogP contribution in [0.5, 0.6) is 0 Å². The normalized spacial score (nSPS) is 15.1. The number of carbonyl (C=O) groups excluding carboxylic acids is 4. The number of rotatable bonds is 16. The third-order valence-corrected chi connectivity index (χ3v) is 11.2. The lowest BCUT2D eigenvalue weighted by Crippen LogP contribution is -2.50. The summed E-state index contributed by atoms with van der Waals surface area (Å²) in [7, 11) is 0. The number of aliphatic hydroxyl groups is 1. The van der Waals surface area contributed by atoms with Crippen LogP contribution in [-0.2, 0) is 43.1 Å². The van der Waals surface area contributed by atoms with E-state index in [1.165, 1.54) is 0 Å². The summed E-state index contributed by atoms with van der Waals surface area (Å²) in [6, 6.07) is 25.0. The van der Waals surface area contributed by atoms with Crippen LogP contribution in [0.1, 0.15) is 101 Å². The molecule has 1 fully saturated rings. The molecule has 6 N–H and O–H groups in total. The molecular formula is C47H59N7O7. The first kappa shape index (κ1) is 44.4. The van der Waals surface area contributed by atoms with Crippen LogP contribution in [-0.4, -0.2) is 80.2 Å². The van der Waals surface area contributed by atoms with E-state index in [0.717, 1.165) is 27.6 Å². The van der Waals surface area contributed by atoms with Gasteiger partial charge in [-0.25, -0.2) is 19.4 Å². The molecule has 2 aromatic heterocycles. The Morgan fingerprint density at radius 3 is 2.26 bits per heavy atom. The molecule has 0 spiro atoms. The maximum Gasteiger partial charge on any atom is 0.407 e. The number of likely N-dealkylation sites (tertiary alicyclic amines) is 1. The quantitative estimate of drug-likeness (QED) is 0.0450. The van der Waals surface area contributed by atoms with Crippen molar-refractivity contribution in [2.45, 2.75) is 108 Å². The number of hydrogen-bond acceptors (Lipinski definition) is 8. The topological polar surface area (TPSA) is 191 Å². The third-order valence-electron chi connectivity index (χ3n) is 11.2. The SMILES string of the molecule is CC(C)(C)OC(=O)C(CCCCNC(=O)OCc1ccccc1)NC(=O)C(C)(C)c1cnc(C(Cc2c[nH]c3ccccc23)NC(=O)N2CCC(O)(c3ccccc3)CC2)[nH]1. The zero-order chi connectivity index (χ0) is 43.6. The molecule has 4 amide bonds. The molecular weight excluding hydrogens is 775 g/mol. The Balaban J connectivity index is 1.11. The van der Waals surface area contributed by atoms with Gasteiger partial charge in [-0.15, -0.1) is 0 Å². The Morgan fingerprint density at radius 1 is 0.885 bits per heavy atom. The zero-order valence-electron chi connectivity index (χ0n) is 35.8. The number of esters is 1. The monoisotopic (exact) mass is 833 g/mol. The summed E-state index contributed by atoms with van der Waals surface area (Å²) in [5, 5.41) is 21.3. The molecule has 0 aliphatic carbocycles. The number of para-hydroxylation sites is 1. The third kappa shape index (κ3) is 11.8. The number of nitrogens with zero attached hydrogens (tertiary/aromatic N) is 2. The minimum Gasteiger partial charge on any atom is -0.458 e. The molecule has 1 aliphatic heterocycles. The van der Waals surface area contributed by atoms with E-state index in [9.17, 15) is 24.3 Å². The largest absolute Gasteiger partial charge is 0.458 e. The number of hydrogen-bond donors (Lipinski definition) is 6. The second-order valence-electron chi connectivity index (χ2n) is 17.3. The van der Waals surface area contributed by atoms with Gasteiger partial charge in [-0.1, -0.05) is 78.9 Å². The number of H-pyrrole nitrogens is 2. The second-order valence-corrected chi connectivity index (χ2v) is 17.3. The van der Waals surface area contributed by atoms with Gasteiger partial charge in [-0.05, 0) is 89.5 Å². The highest BCUT2D eigenvalue weighted by atomic mass is 16.6. The Morgan fingerprint density at radius 2 is 1.56 bits per heavy atom. The molecule has 1 saturated heterocycles. The Hall–Kier alpha value is -6.15. The first-order chi connectivity index (χ1) is 29.1. The van der Waals surface area contributed by atoms with Crippen molar-refractivity contribution in [3.8, 4) is 0 Å². The number of carbonyl (C=O) groups is 4. The van der Waals surface area contributed by atoms with Crippen molar-refractivity contribution < 1.29 is 33.8 Å². The fourth-order valence-electron chi connectivity index (χ4n) is 7.45. The lowest BCUT2D eigenvalue weighted by atomic mass is 9.84. The van der Waals surface area contributed by atoms with Crippen LogP contribution in [0, 0.1) is 0 Å². The number of aromatic nitrogens is 3. The van der Waals surface area contributed by atoms with Crippen LogP contribution < -0.4 is 16.0 Å². The number of alkyl carbamates (subject to hydrolysis) is 1. The van der Waals surface area contributed by atoms with Crippen LogP contribution in [0.25, 0.3) is 10.9 Å². The van der Waals surface area contributed by atoms with Crippen LogP contribution in [0.15, 0.2) is 97.3 Å². The zero-order valence-corrected chi connectivity index (χ0v) is 35.8. The highest BCUT2D eigenvalue weighted by Crippen LogP contribution is 2.33. The Bertz CT molecular complexity index is 2240. The van der Waals surface area contributed by atoms with Crippen molar-refractivity contribution in [2.75, 3.05) is 19.6 Å². The second kappa shape index (κ2) is 19.5. The van der Waals surface area contributed by atoms with Crippen molar-refractivity contribution in [1.82, 2.24) is 35.8 Å². The molecule has 0 radical (unpaired) electrons. The lowest BCUT2D eigenvalue weighted by Gasteiger charge is -2.39. The minimum absolute atomic E-state index is 0.159. The van der Waals surface area contributed by atoms with Crippen molar-refractivity contribution >= 4 is 34.9 Å². The summed E-state index contributed by atoms with van der Waals surface area (Å²) in [6.45, 7) is 10.0. The van der Waals surface area contributed by atoms with Gasteiger partial charge in [0.1, 0.15) is 24.1 Å². The minimum atomic E-state index is -1.18. The summed E-state index contributed by atoms with van der Waals surface area (Å²) in [5.41, 5.74) is 1.19. The Kier molecular flexibility index (Phi) is 14.2. The van der Waals surface area contributed by atoms with Crippen molar-refractivity contribution in [3.63, 3.8) is 0 Å². The van der Waals surface area contributed by atoms with E-state index in [-0.39, 0.29) is 19.1 Å². The van der Waals surface area contributed by atoms with Crippen LogP contribution in [0.2, 0.25) is 0 Å². The van der Waals surface area contributed by atoms with Gasteiger partial charge in [-0.2, -0.15) is 0 Å². The average molecular weight is 834 g/mol. The summed E-state index contributed by atoms with van der Waals surface area (Å²) >= 11 is 0. The molecule has 6 rings (SSSR count). The van der Waals surface area contributed by atoms with Crippen LogP contribution >= 0.6 is 0 Å². The molecule has 5 aromatic rings. The average Bonchev–Trinajstić information content (AvgIpc) is 3.91. The number of imidazole rings is 1. The predicted octanol–water partition coefficient (Wildman–Crippen LogP) is 7.07. The highest BCUT2D eigenvalue weighted by Gasteiger charge is 2.38. The van der Waals surface area contributed by atoms with E-state index in [4.69, 9.17) is 14.5 Å². The highest BCUT2D eigenvalue weighted by molar-refractivity contribution is 5.91. The molecule has 0 saturated carbocycles. The van der Waals surface area contributed by atoms with Gasteiger partial charge in [0, 0.05) is 55.0 Å². The van der Waals surface area contributed by atoms with E-state index >= 15 is 0 Å². The molecule has 14 nitrogen and oxygen atoms in total. The fraction of sp³-hybridized carbons (Fsp3) is 0.426. The van der Waals surface area contributed by atoms with Gasteiger partial charge in [-0.3, -0.25) is 4.79 Å². The van der Waals surface area contributed by atoms with Gasteiger partial charge >= 0.3 is 18.1 Å². The first-order valence-electron chi connectivity index (χ1n) is 21.0. The number of unbranched alkanes of at least 4 members (excludes halogenated alkanes) is 1. The maximum absolute atomic E-state index is 14.1. The molecule has 3 aromatic carbocycles. The fourth-order valence-corrected chi connectivity index (χ4v) is 7.45. The number of benzene rings is 3. The van der Waals surface area contributed by atoms with Gasteiger partial charge in [0.25, 0.3) is 0 Å². The smallest absolute Gasteiger partial charge is 0.407 e. The number of aromatic amines is 2. The van der Waals surface area contributed by atoms with Gasteiger partial charge in [0.2, 0.25) is 5.91 Å². The summed E-state index contributed by atoms with van der Waals surface area (Å²) in [4.78, 5) is 66.7. The van der Waals surface area contributed by atoms with Crippen molar-refractivity contribution in [3.05, 3.63) is 126 Å².